The third-order valence-corrected chi connectivity index (χ3v) is 8.62. The van der Waals surface area contributed by atoms with E-state index in [4.69, 9.17) is 26.4 Å². The quantitative estimate of drug-likeness (QED) is 0.389. The van der Waals surface area contributed by atoms with Gasteiger partial charge in [-0.3, -0.25) is 4.57 Å². The molecule has 2 heterocycles. The van der Waals surface area contributed by atoms with Crippen molar-refractivity contribution >= 4 is 36.2 Å². The minimum atomic E-state index is -3.34. The zero-order chi connectivity index (χ0) is 22.7. The van der Waals surface area contributed by atoms with Crippen LogP contribution in [0.2, 0.25) is 5.28 Å². The van der Waals surface area contributed by atoms with Crippen LogP contribution >= 0.6 is 19.2 Å². The van der Waals surface area contributed by atoms with Gasteiger partial charge in [0.15, 0.2) is 11.5 Å². The zero-order valence-corrected chi connectivity index (χ0v) is 19.6. The Bertz CT molecular complexity index is 1020. The van der Waals surface area contributed by atoms with Gasteiger partial charge in [-0.25, -0.2) is 4.98 Å². The van der Waals surface area contributed by atoms with Crippen LogP contribution in [0.15, 0.2) is 6.33 Å². The lowest BCUT2D eigenvalue weighted by atomic mass is 9.96. The Morgan fingerprint density at radius 3 is 2.55 bits per heavy atom. The SMILES string of the molecule is CC(C)OP(=O)(CC[C@]12C[C@H]1[C@@H](n1cnc3c(N)nc(Cl)nc31)[C@H](O)[C@@H]2O)OC(C)C. The summed E-state index contributed by atoms with van der Waals surface area (Å²) in [4.78, 5) is 12.4. The van der Waals surface area contributed by atoms with Crippen LogP contribution in [-0.2, 0) is 13.6 Å². The first kappa shape index (κ1) is 22.9. The van der Waals surface area contributed by atoms with E-state index in [2.05, 4.69) is 15.0 Å². The van der Waals surface area contributed by atoms with Crippen molar-refractivity contribution in [2.24, 2.45) is 11.3 Å². The van der Waals surface area contributed by atoms with Crippen LogP contribution < -0.4 is 5.73 Å². The Morgan fingerprint density at radius 1 is 1.29 bits per heavy atom. The number of rotatable bonds is 8. The normalized spacial score (nSPS) is 30.5. The van der Waals surface area contributed by atoms with Gasteiger partial charge in [0, 0.05) is 5.41 Å². The lowest BCUT2D eigenvalue weighted by Gasteiger charge is -2.27. The molecular formula is C19H29ClN5O5P. The predicted molar refractivity (Wildman–Crippen MR) is 116 cm³/mol. The highest BCUT2D eigenvalue weighted by atomic mass is 35.5. The molecule has 2 aromatic heterocycles. The summed E-state index contributed by atoms with van der Waals surface area (Å²) in [6.45, 7) is 7.23. The van der Waals surface area contributed by atoms with Gasteiger partial charge in [-0.15, -0.1) is 0 Å². The van der Waals surface area contributed by atoms with Crippen molar-refractivity contribution in [3.63, 3.8) is 0 Å². The second kappa shape index (κ2) is 7.93. The molecule has 0 spiro atoms. The Labute approximate surface area is 185 Å². The van der Waals surface area contributed by atoms with Gasteiger partial charge in [-0.2, -0.15) is 9.97 Å². The number of fused-ring (bicyclic) bond motifs is 2. The molecule has 0 unspecified atom stereocenters. The molecule has 4 N–H and O–H groups in total. The molecule has 12 heteroatoms. The van der Waals surface area contributed by atoms with Gasteiger partial charge in [-0.1, -0.05) is 0 Å². The van der Waals surface area contributed by atoms with E-state index >= 15 is 0 Å². The van der Waals surface area contributed by atoms with Crippen molar-refractivity contribution in [1.82, 2.24) is 19.5 Å². The number of nitrogens with zero attached hydrogens (tertiary/aromatic N) is 4. The number of nitrogen functional groups attached to an aromatic ring is 1. The molecule has 5 atom stereocenters. The van der Waals surface area contributed by atoms with E-state index in [1.165, 1.54) is 6.33 Å². The maximum Gasteiger partial charge on any atom is 0.331 e. The van der Waals surface area contributed by atoms with Crippen LogP contribution in [0.5, 0.6) is 0 Å². The molecule has 0 aromatic carbocycles. The molecule has 0 radical (unpaired) electrons. The molecule has 0 amide bonds. The smallest absolute Gasteiger partial charge is 0.331 e. The van der Waals surface area contributed by atoms with Crippen molar-refractivity contribution < 1.29 is 23.8 Å². The summed E-state index contributed by atoms with van der Waals surface area (Å²) in [6.07, 6.45) is 0.259. The number of anilines is 1. The molecule has 0 aliphatic heterocycles. The van der Waals surface area contributed by atoms with Gasteiger partial charge in [0.05, 0.1) is 36.8 Å². The summed E-state index contributed by atoms with van der Waals surface area (Å²) in [5.41, 5.74) is 6.13. The monoisotopic (exact) mass is 473 g/mol. The van der Waals surface area contributed by atoms with E-state index in [0.29, 0.717) is 24.0 Å². The number of imidazole rings is 1. The third-order valence-electron chi connectivity index (χ3n) is 6.19. The van der Waals surface area contributed by atoms with E-state index in [9.17, 15) is 14.8 Å². The molecule has 2 fully saturated rings. The van der Waals surface area contributed by atoms with Crippen molar-refractivity contribution in [2.75, 3.05) is 11.9 Å². The molecule has 2 aliphatic carbocycles. The molecule has 2 saturated carbocycles. The molecule has 31 heavy (non-hydrogen) atoms. The van der Waals surface area contributed by atoms with Crippen molar-refractivity contribution in [3.8, 4) is 0 Å². The molecule has 0 bridgehead atoms. The molecular weight excluding hydrogens is 445 g/mol. The topological polar surface area (TPSA) is 146 Å². The van der Waals surface area contributed by atoms with Gasteiger partial charge in [0.25, 0.3) is 0 Å². The number of aliphatic hydroxyl groups is 2. The second-order valence-corrected chi connectivity index (χ2v) is 11.5. The van der Waals surface area contributed by atoms with Crippen molar-refractivity contribution in [3.05, 3.63) is 11.6 Å². The molecule has 2 aliphatic rings. The lowest BCUT2D eigenvalue weighted by Crippen LogP contribution is -2.34. The van der Waals surface area contributed by atoms with Gasteiger partial charge in [0.1, 0.15) is 11.6 Å². The second-order valence-electron chi connectivity index (χ2n) is 9.06. The summed E-state index contributed by atoms with van der Waals surface area (Å²) in [5.74, 6) is 0.109. The highest BCUT2D eigenvalue weighted by Gasteiger charge is 2.71. The first-order chi connectivity index (χ1) is 14.5. The lowest BCUT2D eigenvalue weighted by molar-refractivity contribution is -0.0185. The van der Waals surface area contributed by atoms with Crippen LogP contribution in [0.4, 0.5) is 5.82 Å². The average molecular weight is 474 g/mol. The van der Waals surface area contributed by atoms with Gasteiger partial charge in [0.2, 0.25) is 5.28 Å². The van der Waals surface area contributed by atoms with Crippen molar-refractivity contribution in [1.29, 1.82) is 0 Å². The summed E-state index contributed by atoms with van der Waals surface area (Å²) >= 11 is 5.97. The van der Waals surface area contributed by atoms with Crippen molar-refractivity contribution in [2.45, 2.75) is 71.0 Å². The van der Waals surface area contributed by atoms with Gasteiger partial charge >= 0.3 is 7.60 Å². The fourth-order valence-electron chi connectivity index (χ4n) is 4.96. The average Bonchev–Trinajstić information content (AvgIpc) is 3.15. The zero-order valence-electron chi connectivity index (χ0n) is 18.0. The van der Waals surface area contributed by atoms with E-state index < -0.39 is 31.3 Å². The molecule has 0 saturated heterocycles. The van der Waals surface area contributed by atoms with Crippen LogP contribution in [-0.4, -0.2) is 60.3 Å². The third kappa shape index (κ3) is 3.98. The van der Waals surface area contributed by atoms with E-state index in [0.717, 1.165) is 0 Å². The van der Waals surface area contributed by atoms with E-state index in [1.807, 2.05) is 27.7 Å². The largest absolute Gasteiger partial charge is 0.390 e. The van der Waals surface area contributed by atoms with Gasteiger partial charge < -0.3 is 29.6 Å². The van der Waals surface area contributed by atoms with Gasteiger partial charge in [-0.05, 0) is 58.1 Å². The molecule has 172 valence electrons. The summed E-state index contributed by atoms with van der Waals surface area (Å²) in [5, 5.41) is 21.8. The number of halogens is 1. The standard InChI is InChI=1S/C19H29ClN5O5P/c1-9(2)29-31(28,30-10(3)4)6-5-19-7-11(19)13(14(26)15(19)27)25-8-22-12-16(21)23-18(20)24-17(12)25/h8-11,13-15,26-27H,5-7H2,1-4H3,(H2,21,23,24)/t11-,13+,14-,15-,19-/m0/s1. The first-order valence-corrected chi connectivity index (χ1v) is 12.6. The fourth-order valence-corrected chi connectivity index (χ4v) is 7.36. The van der Waals surface area contributed by atoms with Crippen LogP contribution in [0.1, 0.15) is 46.6 Å². The fraction of sp³-hybridized carbons (Fsp3) is 0.737. The minimum Gasteiger partial charge on any atom is -0.390 e. The molecule has 2 aromatic rings. The van der Waals surface area contributed by atoms with E-state index in [-0.39, 0.29) is 35.4 Å². The summed E-state index contributed by atoms with van der Waals surface area (Å²) in [7, 11) is -3.34. The Balaban J connectivity index is 1.59. The van der Waals surface area contributed by atoms with Crippen LogP contribution in [0.25, 0.3) is 11.2 Å². The molecule has 4 rings (SSSR count). The number of hydrogen-bond acceptors (Lipinski definition) is 9. The summed E-state index contributed by atoms with van der Waals surface area (Å²) < 4.78 is 26.3. The maximum absolute atomic E-state index is 13.3. The number of nitrogens with two attached hydrogens (primary N) is 1. The summed E-state index contributed by atoms with van der Waals surface area (Å²) in [6, 6.07) is -0.457. The predicted octanol–water partition coefficient (Wildman–Crippen LogP) is 2.78. The number of aliphatic hydroxyl groups excluding tert-OH is 2. The Morgan fingerprint density at radius 2 is 1.94 bits per heavy atom. The molecule has 10 nitrogen and oxygen atoms in total. The first-order valence-electron chi connectivity index (χ1n) is 10.4. The number of aromatic nitrogens is 4. The van der Waals surface area contributed by atoms with E-state index in [1.54, 1.807) is 4.57 Å². The Hall–Kier alpha value is -1.29. The number of hydrogen-bond donors (Lipinski definition) is 3. The highest BCUT2D eigenvalue weighted by Crippen LogP contribution is 2.71. The van der Waals surface area contributed by atoms with Crippen LogP contribution in [0, 0.1) is 11.3 Å². The maximum atomic E-state index is 13.3. The Kier molecular flexibility index (Phi) is 5.86. The van der Waals surface area contributed by atoms with Crippen LogP contribution in [0.3, 0.4) is 0 Å². The minimum absolute atomic E-state index is 0.0144. The highest BCUT2D eigenvalue weighted by molar-refractivity contribution is 7.53.